The molecule has 0 fully saturated rings. The second-order valence-corrected chi connectivity index (χ2v) is 3.29. The Labute approximate surface area is 88.7 Å². The van der Waals surface area contributed by atoms with E-state index in [9.17, 15) is 9.18 Å². The summed E-state index contributed by atoms with van der Waals surface area (Å²) in [5.74, 6) is -0.254. The van der Waals surface area contributed by atoms with Crippen LogP contribution in [0.4, 0.5) is 4.39 Å². The predicted octanol–water partition coefficient (Wildman–Crippen LogP) is 1.05. The molecule has 0 radical (unpaired) electrons. The van der Waals surface area contributed by atoms with Gasteiger partial charge in [-0.1, -0.05) is 12.1 Å². The minimum absolute atomic E-state index is 0.0291. The number of halogens is 1. The fourth-order valence-corrected chi connectivity index (χ4v) is 1.16. The highest BCUT2D eigenvalue weighted by atomic mass is 19.1. The van der Waals surface area contributed by atoms with E-state index >= 15 is 0 Å². The third-order valence-electron chi connectivity index (χ3n) is 1.92. The summed E-state index contributed by atoms with van der Waals surface area (Å²) in [5.41, 5.74) is 1.03. The Kier molecular flexibility index (Phi) is 4.77. The first kappa shape index (κ1) is 11.7. The zero-order chi connectivity index (χ0) is 11.1. The molecule has 2 N–H and O–H groups in total. The molecule has 1 aromatic rings. The van der Waals surface area contributed by atoms with E-state index < -0.39 is 0 Å². The second-order valence-electron chi connectivity index (χ2n) is 3.29. The topological polar surface area (TPSA) is 41.1 Å². The summed E-state index contributed by atoms with van der Waals surface area (Å²) in [6.07, 6.45) is 0. The molecule has 0 bridgehead atoms. The maximum Gasteiger partial charge on any atom is 0.216 e. The lowest BCUT2D eigenvalue weighted by molar-refractivity contribution is -0.118. The summed E-state index contributed by atoms with van der Waals surface area (Å²) in [7, 11) is 0. The Morgan fingerprint density at radius 3 is 2.53 bits per heavy atom. The fourth-order valence-electron chi connectivity index (χ4n) is 1.16. The lowest BCUT2D eigenvalue weighted by atomic mass is 10.2. The van der Waals surface area contributed by atoms with Crippen molar-refractivity contribution in [2.45, 2.75) is 13.5 Å². The van der Waals surface area contributed by atoms with Crippen molar-refractivity contribution in [2.24, 2.45) is 0 Å². The van der Waals surface area contributed by atoms with E-state index in [0.29, 0.717) is 19.6 Å². The van der Waals surface area contributed by atoms with Gasteiger partial charge in [-0.2, -0.15) is 0 Å². The van der Waals surface area contributed by atoms with Gasteiger partial charge in [0.2, 0.25) is 5.91 Å². The van der Waals surface area contributed by atoms with Crippen LogP contribution in [-0.2, 0) is 11.3 Å². The SMILES string of the molecule is CC(=O)NCCNCc1ccc(F)cc1. The predicted molar refractivity (Wildman–Crippen MR) is 56.8 cm³/mol. The number of amides is 1. The molecule has 1 aromatic carbocycles. The molecule has 1 amide bonds. The van der Waals surface area contributed by atoms with Gasteiger partial charge in [-0.3, -0.25) is 4.79 Å². The Morgan fingerprint density at radius 1 is 1.27 bits per heavy atom. The number of hydrogen-bond donors (Lipinski definition) is 2. The van der Waals surface area contributed by atoms with Crippen molar-refractivity contribution < 1.29 is 9.18 Å². The molecule has 1 rings (SSSR count). The van der Waals surface area contributed by atoms with Gasteiger partial charge in [0.05, 0.1) is 0 Å². The molecule has 0 aliphatic rings. The van der Waals surface area contributed by atoms with Crippen LogP contribution in [0.3, 0.4) is 0 Å². The molecule has 0 aliphatic heterocycles. The summed E-state index contributed by atoms with van der Waals surface area (Å²) in [6.45, 7) is 3.48. The van der Waals surface area contributed by atoms with Crippen molar-refractivity contribution in [2.75, 3.05) is 13.1 Å². The molecule has 4 heteroatoms. The van der Waals surface area contributed by atoms with Crippen LogP contribution < -0.4 is 10.6 Å². The Balaban J connectivity index is 2.15. The van der Waals surface area contributed by atoms with Crippen molar-refractivity contribution in [1.29, 1.82) is 0 Å². The molecule has 0 saturated heterocycles. The number of carbonyl (C=O) groups excluding carboxylic acids is 1. The summed E-state index contributed by atoms with van der Waals surface area (Å²) in [6, 6.07) is 6.34. The molecular formula is C11H15FN2O. The van der Waals surface area contributed by atoms with Gasteiger partial charge in [0.1, 0.15) is 5.82 Å². The van der Waals surface area contributed by atoms with E-state index in [-0.39, 0.29) is 11.7 Å². The van der Waals surface area contributed by atoms with Crippen molar-refractivity contribution in [3.63, 3.8) is 0 Å². The molecule has 0 aromatic heterocycles. The van der Waals surface area contributed by atoms with Crippen molar-refractivity contribution >= 4 is 5.91 Å². The minimum Gasteiger partial charge on any atom is -0.355 e. The number of benzene rings is 1. The van der Waals surface area contributed by atoms with Gasteiger partial charge in [-0.25, -0.2) is 4.39 Å². The summed E-state index contributed by atoms with van der Waals surface area (Å²) in [4.78, 5) is 10.5. The van der Waals surface area contributed by atoms with Crippen LogP contribution in [0.1, 0.15) is 12.5 Å². The normalized spacial score (nSPS) is 10.0. The fraction of sp³-hybridized carbons (Fsp3) is 0.364. The molecule has 0 unspecified atom stereocenters. The molecule has 0 spiro atoms. The van der Waals surface area contributed by atoms with Gasteiger partial charge in [0, 0.05) is 26.6 Å². The molecule has 0 saturated carbocycles. The maximum atomic E-state index is 12.6. The molecule has 15 heavy (non-hydrogen) atoms. The van der Waals surface area contributed by atoms with E-state index in [2.05, 4.69) is 10.6 Å². The van der Waals surface area contributed by atoms with Gasteiger partial charge in [0.25, 0.3) is 0 Å². The average molecular weight is 210 g/mol. The van der Waals surface area contributed by atoms with Crippen LogP contribution >= 0.6 is 0 Å². The van der Waals surface area contributed by atoms with E-state index in [1.807, 2.05) is 0 Å². The van der Waals surface area contributed by atoms with Gasteiger partial charge in [-0.15, -0.1) is 0 Å². The molecule has 82 valence electrons. The molecule has 0 heterocycles. The first-order valence-corrected chi connectivity index (χ1v) is 4.88. The zero-order valence-corrected chi connectivity index (χ0v) is 8.72. The van der Waals surface area contributed by atoms with E-state index in [4.69, 9.17) is 0 Å². The monoisotopic (exact) mass is 210 g/mol. The zero-order valence-electron chi connectivity index (χ0n) is 8.72. The van der Waals surface area contributed by atoms with Gasteiger partial charge in [0.15, 0.2) is 0 Å². The lowest BCUT2D eigenvalue weighted by Crippen LogP contribution is -2.29. The summed E-state index contributed by atoms with van der Waals surface area (Å²) >= 11 is 0. The van der Waals surface area contributed by atoms with Crippen LogP contribution in [0.2, 0.25) is 0 Å². The second kappa shape index (κ2) is 6.14. The van der Waals surface area contributed by atoms with E-state index in [1.54, 1.807) is 12.1 Å². The summed E-state index contributed by atoms with van der Waals surface area (Å²) in [5, 5.41) is 5.82. The van der Waals surface area contributed by atoms with E-state index in [1.165, 1.54) is 19.1 Å². The summed E-state index contributed by atoms with van der Waals surface area (Å²) < 4.78 is 12.6. The number of rotatable bonds is 5. The Morgan fingerprint density at radius 2 is 1.93 bits per heavy atom. The largest absolute Gasteiger partial charge is 0.355 e. The number of carbonyl (C=O) groups is 1. The first-order chi connectivity index (χ1) is 7.18. The molecule has 0 atom stereocenters. The Bertz CT molecular complexity index is 311. The highest BCUT2D eigenvalue weighted by Crippen LogP contribution is 2.01. The van der Waals surface area contributed by atoms with Crippen molar-refractivity contribution in [3.05, 3.63) is 35.6 Å². The van der Waals surface area contributed by atoms with Crippen LogP contribution in [0.25, 0.3) is 0 Å². The lowest BCUT2D eigenvalue weighted by Gasteiger charge is -2.05. The Hall–Kier alpha value is -1.42. The van der Waals surface area contributed by atoms with E-state index in [0.717, 1.165) is 5.56 Å². The number of hydrogen-bond acceptors (Lipinski definition) is 2. The molecule has 0 aliphatic carbocycles. The van der Waals surface area contributed by atoms with Crippen LogP contribution in [0.5, 0.6) is 0 Å². The molecule has 3 nitrogen and oxygen atoms in total. The number of nitrogens with one attached hydrogen (secondary N) is 2. The highest BCUT2D eigenvalue weighted by Gasteiger charge is 1.94. The van der Waals surface area contributed by atoms with Crippen molar-refractivity contribution in [1.82, 2.24) is 10.6 Å². The molecular weight excluding hydrogens is 195 g/mol. The minimum atomic E-state index is -0.225. The van der Waals surface area contributed by atoms with Gasteiger partial charge >= 0.3 is 0 Å². The maximum absolute atomic E-state index is 12.6. The quantitative estimate of drug-likeness (QED) is 0.713. The first-order valence-electron chi connectivity index (χ1n) is 4.88. The highest BCUT2D eigenvalue weighted by molar-refractivity contribution is 5.72. The van der Waals surface area contributed by atoms with Crippen LogP contribution in [-0.4, -0.2) is 19.0 Å². The van der Waals surface area contributed by atoms with Crippen LogP contribution in [0, 0.1) is 5.82 Å². The smallest absolute Gasteiger partial charge is 0.216 e. The van der Waals surface area contributed by atoms with Gasteiger partial charge < -0.3 is 10.6 Å². The third kappa shape index (κ3) is 5.12. The van der Waals surface area contributed by atoms with Gasteiger partial charge in [-0.05, 0) is 17.7 Å². The third-order valence-corrected chi connectivity index (χ3v) is 1.92. The van der Waals surface area contributed by atoms with Crippen LogP contribution in [0.15, 0.2) is 24.3 Å². The average Bonchev–Trinajstić information content (AvgIpc) is 2.20. The standard InChI is InChI=1S/C11H15FN2O/c1-9(15)14-7-6-13-8-10-2-4-11(12)5-3-10/h2-5,13H,6-8H2,1H3,(H,14,15). The van der Waals surface area contributed by atoms with Crippen molar-refractivity contribution in [3.8, 4) is 0 Å².